The van der Waals surface area contributed by atoms with Gasteiger partial charge in [0, 0.05) is 12.2 Å². The van der Waals surface area contributed by atoms with Crippen LogP contribution in [0.15, 0.2) is 42.5 Å². The standard InChI is InChI=1S/C20H26N4OS/c1-14-11-15(2)19(16(3)12-14)22-13-18(25)23-24-20(26)21-10-9-17-7-5-4-6-8-17/h4-8,11-12,22H,9-10,13H2,1-3H3,(H,23,25)(H2,21,24,26). The Morgan fingerprint density at radius 2 is 1.65 bits per heavy atom. The molecule has 6 heteroatoms. The summed E-state index contributed by atoms with van der Waals surface area (Å²) in [6.45, 7) is 7.00. The number of amides is 1. The first-order chi connectivity index (χ1) is 12.5. The Morgan fingerprint density at radius 3 is 2.31 bits per heavy atom. The lowest BCUT2D eigenvalue weighted by Gasteiger charge is -2.15. The van der Waals surface area contributed by atoms with Crippen molar-refractivity contribution in [3.8, 4) is 0 Å². The highest BCUT2D eigenvalue weighted by Crippen LogP contribution is 2.21. The number of carbonyl (C=O) groups excluding carboxylic acids is 1. The van der Waals surface area contributed by atoms with Crippen molar-refractivity contribution in [3.63, 3.8) is 0 Å². The SMILES string of the molecule is Cc1cc(C)c(NCC(=O)NNC(=S)NCCc2ccccc2)c(C)c1. The van der Waals surface area contributed by atoms with Crippen LogP contribution >= 0.6 is 12.2 Å². The number of hydrogen-bond acceptors (Lipinski definition) is 3. The zero-order valence-electron chi connectivity index (χ0n) is 15.5. The zero-order chi connectivity index (χ0) is 18.9. The van der Waals surface area contributed by atoms with Gasteiger partial charge in [-0.2, -0.15) is 0 Å². The molecule has 0 heterocycles. The number of nitrogens with one attached hydrogen (secondary N) is 4. The van der Waals surface area contributed by atoms with Gasteiger partial charge in [0.1, 0.15) is 0 Å². The molecule has 2 rings (SSSR count). The second kappa shape index (κ2) is 9.77. The zero-order valence-corrected chi connectivity index (χ0v) is 16.3. The Labute approximate surface area is 160 Å². The summed E-state index contributed by atoms with van der Waals surface area (Å²) in [5.74, 6) is -0.184. The van der Waals surface area contributed by atoms with E-state index in [4.69, 9.17) is 12.2 Å². The van der Waals surface area contributed by atoms with E-state index >= 15 is 0 Å². The monoisotopic (exact) mass is 370 g/mol. The third kappa shape index (κ3) is 6.37. The summed E-state index contributed by atoms with van der Waals surface area (Å²) in [4.78, 5) is 12.0. The predicted molar refractivity (Wildman–Crippen MR) is 111 cm³/mol. The van der Waals surface area contributed by atoms with Crippen LogP contribution in [0.25, 0.3) is 0 Å². The minimum Gasteiger partial charge on any atom is -0.376 e. The minimum atomic E-state index is -0.184. The van der Waals surface area contributed by atoms with Gasteiger partial charge in [0.15, 0.2) is 5.11 Å². The molecule has 0 aliphatic rings. The average Bonchev–Trinajstić information content (AvgIpc) is 2.60. The van der Waals surface area contributed by atoms with Crippen molar-refractivity contribution in [3.05, 3.63) is 64.7 Å². The summed E-state index contributed by atoms with van der Waals surface area (Å²) in [5, 5.41) is 6.65. The predicted octanol–water partition coefficient (Wildman–Crippen LogP) is 2.76. The van der Waals surface area contributed by atoms with E-state index in [1.54, 1.807) is 0 Å². The van der Waals surface area contributed by atoms with Gasteiger partial charge in [0.05, 0.1) is 6.54 Å². The Bertz CT molecular complexity index is 739. The molecule has 2 aromatic rings. The summed E-state index contributed by atoms with van der Waals surface area (Å²) in [5.41, 5.74) is 11.0. The van der Waals surface area contributed by atoms with Crippen LogP contribution in [0.5, 0.6) is 0 Å². The molecule has 0 fully saturated rings. The van der Waals surface area contributed by atoms with Gasteiger partial charge in [-0.25, -0.2) is 0 Å². The van der Waals surface area contributed by atoms with Gasteiger partial charge in [0.25, 0.3) is 5.91 Å². The highest BCUT2D eigenvalue weighted by atomic mass is 32.1. The van der Waals surface area contributed by atoms with Crippen LogP contribution in [-0.4, -0.2) is 24.1 Å². The van der Waals surface area contributed by atoms with Crippen LogP contribution < -0.4 is 21.5 Å². The van der Waals surface area contributed by atoms with Crippen LogP contribution in [0.3, 0.4) is 0 Å². The Morgan fingerprint density at radius 1 is 1.00 bits per heavy atom. The molecule has 5 nitrogen and oxygen atoms in total. The third-order valence-electron chi connectivity index (χ3n) is 3.96. The molecule has 0 radical (unpaired) electrons. The van der Waals surface area contributed by atoms with E-state index in [-0.39, 0.29) is 12.5 Å². The summed E-state index contributed by atoms with van der Waals surface area (Å²) in [7, 11) is 0. The maximum atomic E-state index is 12.0. The van der Waals surface area contributed by atoms with Crippen molar-refractivity contribution in [2.24, 2.45) is 0 Å². The first-order valence-electron chi connectivity index (χ1n) is 8.64. The normalized spacial score (nSPS) is 10.1. The molecule has 26 heavy (non-hydrogen) atoms. The molecular formula is C20H26N4OS. The summed E-state index contributed by atoms with van der Waals surface area (Å²) >= 11 is 5.16. The average molecular weight is 371 g/mol. The van der Waals surface area contributed by atoms with Crippen LogP contribution in [0, 0.1) is 20.8 Å². The van der Waals surface area contributed by atoms with Crippen LogP contribution in [0.4, 0.5) is 5.69 Å². The highest BCUT2D eigenvalue weighted by Gasteiger charge is 2.06. The Hall–Kier alpha value is -2.60. The van der Waals surface area contributed by atoms with Gasteiger partial charge in [-0.15, -0.1) is 0 Å². The van der Waals surface area contributed by atoms with Gasteiger partial charge in [-0.3, -0.25) is 15.6 Å². The molecule has 0 unspecified atom stereocenters. The molecule has 0 aliphatic carbocycles. The summed E-state index contributed by atoms with van der Waals surface area (Å²) < 4.78 is 0. The molecule has 2 aromatic carbocycles. The van der Waals surface area contributed by atoms with Crippen molar-refractivity contribution in [1.29, 1.82) is 0 Å². The molecule has 4 N–H and O–H groups in total. The number of rotatable bonds is 6. The number of thiocarbonyl (C=S) groups is 1. The third-order valence-corrected chi connectivity index (χ3v) is 4.21. The van der Waals surface area contributed by atoms with Crippen molar-refractivity contribution in [2.45, 2.75) is 27.2 Å². The summed E-state index contributed by atoms with van der Waals surface area (Å²) in [6.07, 6.45) is 0.865. The van der Waals surface area contributed by atoms with E-state index in [1.807, 2.05) is 32.0 Å². The van der Waals surface area contributed by atoms with Crippen LogP contribution in [0.1, 0.15) is 22.3 Å². The van der Waals surface area contributed by atoms with E-state index in [2.05, 4.69) is 52.7 Å². The van der Waals surface area contributed by atoms with Crippen molar-refractivity contribution < 1.29 is 4.79 Å². The molecule has 0 bridgehead atoms. The molecule has 0 atom stereocenters. The van der Waals surface area contributed by atoms with Crippen molar-refractivity contribution >= 4 is 28.9 Å². The number of benzene rings is 2. The van der Waals surface area contributed by atoms with Crippen molar-refractivity contribution in [2.75, 3.05) is 18.4 Å². The van der Waals surface area contributed by atoms with Gasteiger partial charge < -0.3 is 10.6 Å². The largest absolute Gasteiger partial charge is 0.376 e. The lowest BCUT2D eigenvalue weighted by Crippen LogP contribution is -2.48. The first kappa shape index (κ1) is 19.7. The number of hydrazine groups is 1. The number of aryl methyl sites for hydroxylation is 3. The molecule has 0 saturated heterocycles. The number of hydrogen-bond donors (Lipinski definition) is 4. The summed E-state index contributed by atoms with van der Waals surface area (Å²) in [6, 6.07) is 14.3. The first-order valence-corrected chi connectivity index (χ1v) is 9.05. The van der Waals surface area contributed by atoms with E-state index in [0.717, 1.165) is 23.2 Å². The quantitative estimate of drug-likeness (QED) is 0.465. The molecule has 0 saturated carbocycles. The Balaban J connectivity index is 1.67. The molecule has 1 amide bonds. The number of anilines is 1. The van der Waals surface area contributed by atoms with E-state index < -0.39 is 0 Å². The fraction of sp³-hybridized carbons (Fsp3) is 0.300. The number of carbonyl (C=O) groups is 1. The van der Waals surface area contributed by atoms with Gasteiger partial charge in [0.2, 0.25) is 0 Å². The van der Waals surface area contributed by atoms with Gasteiger partial charge in [-0.1, -0.05) is 48.0 Å². The molecule has 0 aliphatic heterocycles. The molecule has 0 aromatic heterocycles. The second-order valence-corrected chi connectivity index (χ2v) is 6.70. The van der Waals surface area contributed by atoms with Crippen molar-refractivity contribution in [1.82, 2.24) is 16.2 Å². The maximum Gasteiger partial charge on any atom is 0.257 e. The lowest BCUT2D eigenvalue weighted by molar-refractivity contribution is -0.119. The van der Waals surface area contributed by atoms with E-state index in [0.29, 0.717) is 11.7 Å². The topological polar surface area (TPSA) is 65.2 Å². The Kier molecular flexibility index (Phi) is 7.41. The van der Waals surface area contributed by atoms with E-state index in [9.17, 15) is 4.79 Å². The second-order valence-electron chi connectivity index (χ2n) is 6.29. The maximum absolute atomic E-state index is 12.0. The minimum absolute atomic E-state index is 0.171. The highest BCUT2D eigenvalue weighted by molar-refractivity contribution is 7.80. The van der Waals surface area contributed by atoms with Gasteiger partial charge >= 0.3 is 0 Å². The fourth-order valence-electron chi connectivity index (χ4n) is 2.81. The van der Waals surface area contributed by atoms with E-state index in [1.165, 1.54) is 11.1 Å². The van der Waals surface area contributed by atoms with Crippen LogP contribution in [-0.2, 0) is 11.2 Å². The fourth-order valence-corrected chi connectivity index (χ4v) is 2.96. The smallest absolute Gasteiger partial charge is 0.257 e. The molecular weight excluding hydrogens is 344 g/mol. The van der Waals surface area contributed by atoms with Crippen LogP contribution in [0.2, 0.25) is 0 Å². The molecule has 138 valence electrons. The molecule has 0 spiro atoms. The van der Waals surface area contributed by atoms with Gasteiger partial charge in [-0.05, 0) is 56.1 Å². The lowest BCUT2D eigenvalue weighted by atomic mass is 10.1.